The van der Waals surface area contributed by atoms with E-state index in [2.05, 4.69) is 10.4 Å². The van der Waals surface area contributed by atoms with Crippen molar-refractivity contribution in [2.24, 2.45) is 0 Å². The lowest BCUT2D eigenvalue weighted by Crippen LogP contribution is -2.51. The average molecular weight is 357 g/mol. The Kier molecular flexibility index (Phi) is 5.80. The number of rotatable bonds is 4. The molecule has 0 aliphatic carbocycles. The summed E-state index contributed by atoms with van der Waals surface area (Å²) in [6.07, 6.45) is 3.04. The van der Waals surface area contributed by atoms with E-state index in [1.807, 2.05) is 37.3 Å². The van der Waals surface area contributed by atoms with Crippen LogP contribution < -0.4 is 5.32 Å². The lowest BCUT2D eigenvalue weighted by Gasteiger charge is -2.30. The summed E-state index contributed by atoms with van der Waals surface area (Å²) in [7, 11) is -3.46. The zero-order valence-electron chi connectivity index (χ0n) is 12.9. The fourth-order valence-electron chi connectivity index (χ4n) is 2.60. The fraction of sp³-hybridized carbons (Fsp3) is 0.400. The van der Waals surface area contributed by atoms with Crippen molar-refractivity contribution in [1.29, 1.82) is 0 Å². The third-order valence-corrected chi connectivity index (χ3v) is 5.58. The van der Waals surface area contributed by atoms with Gasteiger partial charge in [-0.05, 0) is 12.5 Å². The Bertz CT molecular complexity index is 733. The van der Waals surface area contributed by atoms with Gasteiger partial charge in [-0.1, -0.05) is 30.3 Å². The van der Waals surface area contributed by atoms with Gasteiger partial charge in [0, 0.05) is 31.9 Å². The molecule has 0 spiro atoms. The summed E-state index contributed by atoms with van der Waals surface area (Å²) in [6.45, 7) is 4.22. The van der Waals surface area contributed by atoms with Gasteiger partial charge in [0.15, 0.2) is 0 Å². The van der Waals surface area contributed by atoms with Crippen molar-refractivity contribution in [2.75, 3.05) is 19.6 Å². The number of benzene rings is 1. The monoisotopic (exact) mass is 356 g/mol. The summed E-state index contributed by atoms with van der Waals surface area (Å²) in [5, 5.41) is 7.43. The summed E-state index contributed by atoms with van der Waals surface area (Å²) in [5.74, 6) is 0. The molecule has 0 radical (unpaired) electrons. The van der Waals surface area contributed by atoms with E-state index in [1.54, 1.807) is 10.9 Å². The van der Waals surface area contributed by atoms with Crippen LogP contribution in [0.1, 0.15) is 12.5 Å². The van der Waals surface area contributed by atoms with Crippen molar-refractivity contribution in [3.05, 3.63) is 48.3 Å². The molecule has 1 saturated heterocycles. The number of nitrogens with zero attached hydrogens (tertiary/aromatic N) is 3. The highest BCUT2D eigenvalue weighted by atomic mass is 35.5. The average Bonchev–Trinajstić information content (AvgIpc) is 2.97. The molecule has 1 unspecified atom stereocenters. The summed E-state index contributed by atoms with van der Waals surface area (Å²) in [5.41, 5.74) is 1.09. The summed E-state index contributed by atoms with van der Waals surface area (Å²) >= 11 is 0. The molecule has 8 heteroatoms. The van der Waals surface area contributed by atoms with Crippen molar-refractivity contribution >= 4 is 22.4 Å². The smallest absolute Gasteiger partial charge is 0.246 e. The van der Waals surface area contributed by atoms with Gasteiger partial charge in [0.2, 0.25) is 10.0 Å². The third-order valence-electron chi connectivity index (χ3n) is 3.77. The lowest BCUT2D eigenvalue weighted by molar-refractivity contribution is 0.310. The highest BCUT2D eigenvalue weighted by molar-refractivity contribution is 7.89. The topological polar surface area (TPSA) is 67.2 Å². The van der Waals surface area contributed by atoms with E-state index in [1.165, 1.54) is 10.5 Å². The summed E-state index contributed by atoms with van der Waals surface area (Å²) < 4.78 is 28.5. The second-order valence-electron chi connectivity index (χ2n) is 5.58. The van der Waals surface area contributed by atoms with E-state index in [4.69, 9.17) is 0 Å². The third kappa shape index (κ3) is 4.11. The van der Waals surface area contributed by atoms with Gasteiger partial charge in [-0.2, -0.15) is 9.40 Å². The van der Waals surface area contributed by atoms with E-state index in [9.17, 15) is 8.42 Å². The fourth-order valence-corrected chi connectivity index (χ4v) is 4.08. The Morgan fingerprint density at radius 1 is 1.30 bits per heavy atom. The molecule has 6 nitrogen and oxygen atoms in total. The number of hydrogen-bond donors (Lipinski definition) is 1. The quantitative estimate of drug-likeness (QED) is 0.897. The van der Waals surface area contributed by atoms with E-state index >= 15 is 0 Å². The molecule has 1 aromatic heterocycles. The Morgan fingerprint density at radius 2 is 2.04 bits per heavy atom. The van der Waals surface area contributed by atoms with Crippen LogP contribution in [0.4, 0.5) is 0 Å². The molecule has 0 saturated carbocycles. The van der Waals surface area contributed by atoms with Crippen LogP contribution in [0.2, 0.25) is 0 Å². The van der Waals surface area contributed by atoms with E-state index in [-0.39, 0.29) is 23.3 Å². The Balaban J connectivity index is 0.00000192. The maximum absolute atomic E-state index is 12.6. The minimum atomic E-state index is -3.46. The standard InChI is InChI=1S/C15H20N4O2S.ClH/c1-13-10-19(8-7-16-13)22(20,21)15-9-17-18(12-15)11-14-5-3-2-4-6-14;/h2-6,9,12-13,16H,7-8,10-11H2,1H3;1H. The number of nitrogens with one attached hydrogen (secondary N) is 1. The van der Waals surface area contributed by atoms with Crippen LogP contribution in [0.5, 0.6) is 0 Å². The maximum Gasteiger partial charge on any atom is 0.246 e. The first-order valence-corrected chi connectivity index (χ1v) is 8.79. The molecule has 23 heavy (non-hydrogen) atoms. The molecule has 1 aromatic carbocycles. The lowest BCUT2D eigenvalue weighted by atomic mass is 10.2. The molecular weight excluding hydrogens is 336 g/mol. The van der Waals surface area contributed by atoms with Crippen LogP contribution in [-0.2, 0) is 16.6 Å². The first kappa shape index (κ1) is 17.9. The largest absolute Gasteiger partial charge is 0.312 e. The minimum absolute atomic E-state index is 0. The van der Waals surface area contributed by atoms with Gasteiger partial charge >= 0.3 is 0 Å². The Morgan fingerprint density at radius 3 is 2.74 bits per heavy atom. The molecule has 126 valence electrons. The number of halogens is 1. The van der Waals surface area contributed by atoms with Gasteiger partial charge in [-0.25, -0.2) is 8.42 Å². The Hall–Kier alpha value is -1.41. The number of piperazine rings is 1. The van der Waals surface area contributed by atoms with Crippen LogP contribution in [0, 0.1) is 0 Å². The zero-order chi connectivity index (χ0) is 15.6. The first-order valence-electron chi connectivity index (χ1n) is 7.35. The Labute approximate surface area is 143 Å². The van der Waals surface area contributed by atoms with E-state index in [0.717, 1.165) is 5.56 Å². The van der Waals surface area contributed by atoms with Gasteiger partial charge in [-0.3, -0.25) is 4.68 Å². The maximum atomic E-state index is 12.6. The molecule has 0 bridgehead atoms. The van der Waals surface area contributed by atoms with E-state index in [0.29, 0.717) is 26.2 Å². The summed E-state index contributed by atoms with van der Waals surface area (Å²) in [4.78, 5) is 0.262. The highest BCUT2D eigenvalue weighted by Gasteiger charge is 2.29. The van der Waals surface area contributed by atoms with Gasteiger partial charge in [0.05, 0.1) is 12.7 Å². The van der Waals surface area contributed by atoms with Crippen molar-refractivity contribution in [3.8, 4) is 0 Å². The normalized spacial score (nSPS) is 19.3. The predicted octanol–water partition coefficient (Wildman–Crippen LogP) is 1.34. The molecule has 1 atom stereocenters. The van der Waals surface area contributed by atoms with Gasteiger partial charge < -0.3 is 5.32 Å². The van der Waals surface area contributed by atoms with Crippen LogP contribution in [0.3, 0.4) is 0 Å². The molecule has 2 heterocycles. The molecule has 1 N–H and O–H groups in total. The van der Waals surface area contributed by atoms with Crippen LogP contribution >= 0.6 is 12.4 Å². The predicted molar refractivity (Wildman–Crippen MR) is 91.2 cm³/mol. The highest BCUT2D eigenvalue weighted by Crippen LogP contribution is 2.17. The van der Waals surface area contributed by atoms with Crippen molar-refractivity contribution in [3.63, 3.8) is 0 Å². The minimum Gasteiger partial charge on any atom is -0.312 e. The molecule has 1 fully saturated rings. The van der Waals surface area contributed by atoms with Crippen LogP contribution in [0.15, 0.2) is 47.6 Å². The molecule has 1 aliphatic heterocycles. The second kappa shape index (κ2) is 7.44. The summed E-state index contributed by atoms with van der Waals surface area (Å²) in [6, 6.07) is 10.0. The van der Waals surface area contributed by atoms with Gasteiger partial charge in [-0.15, -0.1) is 12.4 Å². The number of sulfonamides is 1. The van der Waals surface area contributed by atoms with Crippen LogP contribution in [0.25, 0.3) is 0 Å². The first-order chi connectivity index (χ1) is 10.6. The van der Waals surface area contributed by atoms with Crippen molar-refractivity contribution in [2.45, 2.75) is 24.4 Å². The molecule has 1 aliphatic rings. The number of aromatic nitrogens is 2. The molecule has 0 amide bonds. The number of hydrogen-bond acceptors (Lipinski definition) is 4. The van der Waals surface area contributed by atoms with Crippen molar-refractivity contribution < 1.29 is 8.42 Å². The van der Waals surface area contributed by atoms with Gasteiger partial charge in [0.25, 0.3) is 0 Å². The van der Waals surface area contributed by atoms with E-state index < -0.39 is 10.0 Å². The van der Waals surface area contributed by atoms with Gasteiger partial charge in [0.1, 0.15) is 4.90 Å². The molecular formula is C15H21ClN4O2S. The SMILES string of the molecule is CC1CN(S(=O)(=O)c2cnn(Cc3ccccc3)c2)CCN1.Cl. The molecule has 2 aromatic rings. The zero-order valence-corrected chi connectivity index (χ0v) is 14.6. The molecule has 3 rings (SSSR count). The second-order valence-corrected chi connectivity index (χ2v) is 7.52. The van der Waals surface area contributed by atoms with Crippen LogP contribution in [-0.4, -0.2) is 48.2 Å². The van der Waals surface area contributed by atoms with Crippen molar-refractivity contribution in [1.82, 2.24) is 19.4 Å².